The molecule has 68 valence electrons. The minimum absolute atomic E-state index is 0.848. The van der Waals surface area contributed by atoms with Crippen molar-refractivity contribution in [1.82, 2.24) is 0 Å². The molecular formula is C8H12O4. The van der Waals surface area contributed by atoms with Crippen LogP contribution in [0.1, 0.15) is 6.92 Å². The van der Waals surface area contributed by atoms with Gasteiger partial charge in [0.2, 0.25) is 0 Å². The van der Waals surface area contributed by atoms with Crippen LogP contribution in [0, 0.1) is 0 Å². The number of aliphatic hydroxyl groups is 2. The van der Waals surface area contributed by atoms with E-state index in [0.29, 0.717) is 0 Å². The molecule has 0 aliphatic carbocycles. The molecule has 0 rings (SSSR count). The Morgan fingerprint density at radius 2 is 1.92 bits per heavy atom. The zero-order chi connectivity index (χ0) is 9.56. The van der Waals surface area contributed by atoms with Crippen LogP contribution >= 0.6 is 0 Å². The Morgan fingerprint density at radius 3 is 2.33 bits per heavy atom. The maximum absolute atomic E-state index is 9.95. The molecule has 4 heteroatoms. The van der Waals surface area contributed by atoms with Gasteiger partial charge < -0.3 is 15.3 Å². The van der Waals surface area contributed by atoms with Gasteiger partial charge in [0, 0.05) is 6.08 Å². The van der Waals surface area contributed by atoms with Crippen LogP contribution in [-0.4, -0.2) is 33.5 Å². The average molecular weight is 172 g/mol. The minimum atomic E-state index is -1.05. The number of aliphatic carboxylic acids is 1. The van der Waals surface area contributed by atoms with Gasteiger partial charge in [-0.05, 0) is 6.92 Å². The third-order valence-corrected chi connectivity index (χ3v) is 1.15. The molecule has 0 heterocycles. The lowest BCUT2D eigenvalue weighted by Gasteiger charge is -2.06. The second kappa shape index (κ2) is 5.51. The largest absolute Gasteiger partial charge is 0.478 e. The zero-order valence-corrected chi connectivity index (χ0v) is 6.71. The van der Waals surface area contributed by atoms with Crippen molar-refractivity contribution in [3.63, 3.8) is 0 Å². The van der Waals surface area contributed by atoms with Crippen molar-refractivity contribution in [3.05, 3.63) is 24.3 Å². The van der Waals surface area contributed by atoms with Crippen molar-refractivity contribution in [2.45, 2.75) is 19.1 Å². The number of hydrogen-bond donors (Lipinski definition) is 3. The summed E-state index contributed by atoms with van der Waals surface area (Å²) in [6.07, 6.45) is 3.08. The summed E-state index contributed by atoms with van der Waals surface area (Å²) < 4.78 is 0. The minimum Gasteiger partial charge on any atom is -0.478 e. The van der Waals surface area contributed by atoms with E-state index in [1.807, 2.05) is 0 Å². The fourth-order valence-corrected chi connectivity index (χ4v) is 0.477. The standard InChI is InChI=1S/C8H12O4/c1-6(9)7(10)4-2-3-5-8(11)12/h2-7,9-10H,1H3,(H,11,12). The van der Waals surface area contributed by atoms with E-state index in [1.165, 1.54) is 25.2 Å². The lowest BCUT2D eigenvalue weighted by atomic mass is 10.2. The summed E-state index contributed by atoms with van der Waals surface area (Å²) >= 11 is 0. The van der Waals surface area contributed by atoms with Crippen LogP contribution in [0.25, 0.3) is 0 Å². The van der Waals surface area contributed by atoms with E-state index in [1.54, 1.807) is 0 Å². The summed E-state index contributed by atoms with van der Waals surface area (Å²) in [5.41, 5.74) is 0. The van der Waals surface area contributed by atoms with Crippen molar-refractivity contribution in [1.29, 1.82) is 0 Å². The summed E-state index contributed by atoms with van der Waals surface area (Å²) in [4.78, 5) is 9.95. The predicted octanol–water partition coefficient (Wildman–Crippen LogP) is -0.0749. The van der Waals surface area contributed by atoms with Gasteiger partial charge in [0.15, 0.2) is 0 Å². The van der Waals surface area contributed by atoms with Gasteiger partial charge in [-0.25, -0.2) is 4.79 Å². The van der Waals surface area contributed by atoms with E-state index in [4.69, 9.17) is 15.3 Å². The van der Waals surface area contributed by atoms with E-state index in [-0.39, 0.29) is 0 Å². The maximum atomic E-state index is 9.95. The molecule has 0 saturated heterocycles. The quantitative estimate of drug-likeness (QED) is 0.409. The van der Waals surface area contributed by atoms with E-state index >= 15 is 0 Å². The topological polar surface area (TPSA) is 77.8 Å². The highest BCUT2D eigenvalue weighted by atomic mass is 16.4. The molecule has 0 radical (unpaired) electrons. The molecule has 12 heavy (non-hydrogen) atoms. The fraction of sp³-hybridized carbons (Fsp3) is 0.375. The molecule has 3 N–H and O–H groups in total. The Balaban J connectivity index is 3.83. The van der Waals surface area contributed by atoms with Crippen LogP contribution < -0.4 is 0 Å². The third-order valence-electron chi connectivity index (χ3n) is 1.15. The van der Waals surface area contributed by atoms with Crippen LogP contribution in [0.4, 0.5) is 0 Å². The van der Waals surface area contributed by atoms with Crippen LogP contribution in [-0.2, 0) is 4.79 Å². The van der Waals surface area contributed by atoms with E-state index in [0.717, 1.165) is 6.08 Å². The van der Waals surface area contributed by atoms with Gasteiger partial charge >= 0.3 is 5.97 Å². The Hall–Kier alpha value is -1.13. The summed E-state index contributed by atoms with van der Waals surface area (Å²) in [7, 11) is 0. The summed E-state index contributed by atoms with van der Waals surface area (Å²) in [6.45, 7) is 1.44. The van der Waals surface area contributed by atoms with E-state index in [2.05, 4.69) is 0 Å². The second-order valence-corrected chi connectivity index (χ2v) is 2.31. The molecule has 0 saturated carbocycles. The van der Waals surface area contributed by atoms with Crippen LogP contribution in [0.3, 0.4) is 0 Å². The number of carboxylic acids is 1. The summed E-state index contributed by atoms with van der Waals surface area (Å²) in [6, 6.07) is 0. The first kappa shape index (κ1) is 10.9. The first-order valence-electron chi connectivity index (χ1n) is 3.48. The molecule has 4 nitrogen and oxygen atoms in total. The average Bonchev–Trinajstić information content (AvgIpc) is 1.97. The number of carboxylic acid groups (broad SMARTS) is 1. The number of aliphatic hydroxyl groups excluding tert-OH is 2. The lowest BCUT2D eigenvalue weighted by molar-refractivity contribution is -0.131. The highest BCUT2D eigenvalue weighted by Crippen LogP contribution is 1.93. The molecule has 2 atom stereocenters. The Morgan fingerprint density at radius 1 is 1.33 bits per heavy atom. The van der Waals surface area contributed by atoms with E-state index < -0.39 is 18.2 Å². The Labute approximate surface area is 70.5 Å². The number of hydrogen-bond acceptors (Lipinski definition) is 3. The van der Waals surface area contributed by atoms with Gasteiger partial charge in [-0.3, -0.25) is 0 Å². The molecule has 0 amide bonds. The molecule has 0 aromatic carbocycles. The van der Waals surface area contributed by atoms with Crippen molar-refractivity contribution in [2.24, 2.45) is 0 Å². The number of carbonyl (C=O) groups is 1. The summed E-state index contributed by atoms with van der Waals surface area (Å²) in [5, 5.41) is 25.9. The monoisotopic (exact) mass is 172 g/mol. The molecular weight excluding hydrogens is 160 g/mol. The van der Waals surface area contributed by atoms with Crippen molar-refractivity contribution in [3.8, 4) is 0 Å². The maximum Gasteiger partial charge on any atom is 0.328 e. The first-order chi connectivity index (χ1) is 5.54. The SMILES string of the molecule is CC(O)C(O)C=CC=CC(=O)O. The zero-order valence-electron chi connectivity index (χ0n) is 6.71. The molecule has 0 aromatic rings. The van der Waals surface area contributed by atoms with Crippen LogP contribution in [0.15, 0.2) is 24.3 Å². The van der Waals surface area contributed by atoms with Crippen LogP contribution in [0.2, 0.25) is 0 Å². The Bertz CT molecular complexity index is 193. The molecule has 0 aliphatic heterocycles. The highest BCUT2D eigenvalue weighted by molar-refractivity contribution is 5.80. The molecule has 2 unspecified atom stereocenters. The van der Waals surface area contributed by atoms with E-state index in [9.17, 15) is 4.79 Å². The van der Waals surface area contributed by atoms with Gasteiger partial charge in [-0.15, -0.1) is 0 Å². The molecule has 0 bridgehead atoms. The first-order valence-corrected chi connectivity index (χ1v) is 3.48. The van der Waals surface area contributed by atoms with Gasteiger partial charge in [-0.2, -0.15) is 0 Å². The fourth-order valence-electron chi connectivity index (χ4n) is 0.477. The van der Waals surface area contributed by atoms with Crippen LogP contribution in [0.5, 0.6) is 0 Å². The molecule has 0 spiro atoms. The molecule has 0 fully saturated rings. The lowest BCUT2D eigenvalue weighted by Crippen LogP contribution is -2.19. The summed E-state index contributed by atoms with van der Waals surface area (Å²) in [5.74, 6) is -1.05. The van der Waals surface area contributed by atoms with Gasteiger partial charge in [0.1, 0.15) is 0 Å². The predicted molar refractivity (Wildman–Crippen MR) is 43.6 cm³/mol. The Kier molecular flexibility index (Phi) is 4.99. The van der Waals surface area contributed by atoms with Gasteiger partial charge in [0.05, 0.1) is 12.2 Å². The molecule has 0 aromatic heterocycles. The third kappa shape index (κ3) is 5.64. The molecule has 0 aliphatic rings. The highest BCUT2D eigenvalue weighted by Gasteiger charge is 2.04. The smallest absolute Gasteiger partial charge is 0.328 e. The van der Waals surface area contributed by atoms with Crippen molar-refractivity contribution < 1.29 is 20.1 Å². The number of rotatable bonds is 4. The number of allylic oxidation sites excluding steroid dienone is 2. The second-order valence-electron chi connectivity index (χ2n) is 2.31. The van der Waals surface area contributed by atoms with Crippen molar-refractivity contribution >= 4 is 5.97 Å². The normalized spacial score (nSPS) is 16.9. The van der Waals surface area contributed by atoms with Crippen molar-refractivity contribution in [2.75, 3.05) is 0 Å². The van der Waals surface area contributed by atoms with Gasteiger partial charge in [-0.1, -0.05) is 18.2 Å². The van der Waals surface area contributed by atoms with Gasteiger partial charge in [0.25, 0.3) is 0 Å².